The first-order valence-corrected chi connectivity index (χ1v) is 16.8. The molecule has 5 aromatic rings. The lowest BCUT2D eigenvalue weighted by Gasteiger charge is -2.36. The summed E-state index contributed by atoms with van der Waals surface area (Å²) >= 11 is 1.34. The fourth-order valence-electron chi connectivity index (χ4n) is 6.14. The van der Waals surface area contributed by atoms with Gasteiger partial charge in [0.05, 0.1) is 42.0 Å². The predicted octanol–water partition coefficient (Wildman–Crippen LogP) is 7.07. The van der Waals surface area contributed by atoms with Gasteiger partial charge in [-0.05, 0) is 64.2 Å². The van der Waals surface area contributed by atoms with Crippen molar-refractivity contribution in [3.05, 3.63) is 154 Å². The number of rotatable bonds is 10. The molecule has 10 heteroatoms. The Bertz CT molecular complexity index is 2000. The van der Waals surface area contributed by atoms with Crippen LogP contribution in [0.2, 0.25) is 0 Å². The smallest absolute Gasteiger partial charge is 0.338 e. The number of aromatic nitrogens is 1. The van der Waals surface area contributed by atoms with Gasteiger partial charge in [0.25, 0.3) is 11.8 Å². The molecule has 49 heavy (non-hydrogen) atoms. The van der Waals surface area contributed by atoms with Crippen LogP contribution in [-0.4, -0.2) is 49.7 Å². The van der Waals surface area contributed by atoms with Gasteiger partial charge in [-0.3, -0.25) is 14.5 Å². The van der Waals surface area contributed by atoms with E-state index in [0.717, 1.165) is 33.4 Å². The third-order valence-corrected chi connectivity index (χ3v) is 9.80. The topological polar surface area (TPSA) is 126 Å². The molecule has 2 amide bonds. The SMILES string of the molecule is O=C(O)c1cccnc1SC[C@H]1C[C@@H](c2ccc(CO)cc2)O[C@@H](c2cccc(-c3cccc(CN4C(=O)c5ccccc5C4=O)c3)c2)O1. The molecule has 2 aliphatic rings. The maximum Gasteiger partial charge on any atom is 0.338 e. The van der Waals surface area contributed by atoms with Gasteiger partial charge in [-0.25, -0.2) is 9.78 Å². The van der Waals surface area contributed by atoms with E-state index in [1.807, 2.05) is 72.8 Å². The van der Waals surface area contributed by atoms with E-state index in [9.17, 15) is 24.6 Å². The van der Waals surface area contributed by atoms with Crippen LogP contribution in [0, 0.1) is 0 Å². The Morgan fingerprint density at radius 1 is 0.796 bits per heavy atom. The minimum atomic E-state index is -1.03. The van der Waals surface area contributed by atoms with Crippen LogP contribution < -0.4 is 0 Å². The largest absolute Gasteiger partial charge is 0.478 e. The standard InChI is InChI=1S/C39H32N2O7S/c42-22-24-13-15-26(16-14-24)34-20-30(23-49-35-33(38(45)46)12-5-17-40-35)47-39(48-34)29-9-4-8-28(19-29)27-7-3-6-25(18-27)21-41-36(43)31-10-1-2-11-32(31)37(41)44/h1-19,30,34,39,42H,20-23H2,(H,45,46)/t30-,34+,39+/m1/s1. The average Bonchev–Trinajstić information content (AvgIpc) is 3.38. The van der Waals surface area contributed by atoms with Crippen molar-refractivity contribution < 1.29 is 34.1 Å². The van der Waals surface area contributed by atoms with Crippen LogP contribution in [0.3, 0.4) is 0 Å². The maximum absolute atomic E-state index is 13.0. The van der Waals surface area contributed by atoms with E-state index in [0.29, 0.717) is 28.3 Å². The highest BCUT2D eigenvalue weighted by atomic mass is 32.2. The molecule has 9 nitrogen and oxygen atoms in total. The van der Waals surface area contributed by atoms with E-state index in [2.05, 4.69) is 4.98 Å². The number of carbonyl (C=O) groups is 3. The van der Waals surface area contributed by atoms with Gasteiger partial charge < -0.3 is 19.7 Å². The number of carbonyl (C=O) groups excluding carboxylic acids is 2. The molecule has 0 unspecified atom stereocenters. The van der Waals surface area contributed by atoms with E-state index < -0.39 is 12.3 Å². The molecule has 0 aliphatic carbocycles. The third kappa shape index (κ3) is 6.90. The number of fused-ring (bicyclic) bond motifs is 1. The molecule has 0 bridgehead atoms. The van der Waals surface area contributed by atoms with Crippen molar-refractivity contribution in [1.29, 1.82) is 0 Å². The summed E-state index contributed by atoms with van der Waals surface area (Å²) in [5.41, 5.74) is 6.18. The lowest BCUT2D eigenvalue weighted by molar-refractivity contribution is -0.245. The first-order chi connectivity index (χ1) is 23.9. The highest BCUT2D eigenvalue weighted by Crippen LogP contribution is 2.40. The zero-order valence-corrected chi connectivity index (χ0v) is 27.1. The van der Waals surface area contributed by atoms with Gasteiger partial charge in [0.1, 0.15) is 5.03 Å². The number of pyridine rings is 1. The molecule has 246 valence electrons. The fourth-order valence-corrected chi connectivity index (χ4v) is 7.15. The molecule has 2 N–H and O–H groups in total. The molecule has 7 rings (SSSR count). The van der Waals surface area contributed by atoms with Gasteiger partial charge >= 0.3 is 5.97 Å². The number of amides is 2. The fraction of sp³-hybridized carbons (Fsp3) is 0.179. The number of aromatic carboxylic acids is 1. The van der Waals surface area contributed by atoms with Crippen molar-refractivity contribution in [3.63, 3.8) is 0 Å². The number of thioether (sulfide) groups is 1. The van der Waals surface area contributed by atoms with Gasteiger partial charge in [0.15, 0.2) is 6.29 Å². The highest BCUT2D eigenvalue weighted by molar-refractivity contribution is 7.99. The van der Waals surface area contributed by atoms with Crippen LogP contribution in [0.1, 0.15) is 72.1 Å². The first kappa shape index (κ1) is 32.4. The average molecular weight is 673 g/mol. The van der Waals surface area contributed by atoms with E-state index in [-0.39, 0.29) is 42.7 Å². The van der Waals surface area contributed by atoms with E-state index in [4.69, 9.17) is 9.47 Å². The molecule has 1 aromatic heterocycles. The van der Waals surface area contributed by atoms with Crippen molar-refractivity contribution in [3.8, 4) is 11.1 Å². The van der Waals surface area contributed by atoms with Crippen LogP contribution in [0.5, 0.6) is 0 Å². The lowest BCUT2D eigenvalue weighted by Crippen LogP contribution is -2.31. The number of imide groups is 1. The summed E-state index contributed by atoms with van der Waals surface area (Å²) in [6.07, 6.45) is 0.796. The summed E-state index contributed by atoms with van der Waals surface area (Å²) in [4.78, 5) is 43.3. The zero-order valence-electron chi connectivity index (χ0n) is 26.3. The maximum atomic E-state index is 13.0. The third-order valence-electron chi connectivity index (χ3n) is 8.66. The Morgan fingerprint density at radius 2 is 1.51 bits per heavy atom. The van der Waals surface area contributed by atoms with Crippen molar-refractivity contribution in [2.45, 2.75) is 43.1 Å². The second-order valence-electron chi connectivity index (χ2n) is 11.9. The molecule has 4 aromatic carbocycles. The molecular weight excluding hydrogens is 641 g/mol. The monoisotopic (exact) mass is 672 g/mol. The van der Waals surface area contributed by atoms with Crippen molar-refractivity contribution in [2.75, 3.05) is 5.75 Å². The Balaban J connectivity index is 1.13. The van der Waals surface area contributed by atoms with E-state index >= 15 is 0 Å². The number of hydrogen-bond acceptors (Lipinski definition) is 8. The summed E-state index contributed by atoms with van der Waals surface area (Å²) in [5, 5.41) is 19.6. The molecule has 3 atom stereocenters. The first-order valence-electron chi connectivity index (χ1n) is 15.8. The van der Waals surface area contributed by atoms with Crippen molar-refractivity contribution >= 4 is 29.5 Å². The van der Waals surface area contributed by atoms with Crippen LogP contribution in [0.25, 0.3) is 11.1 Å². The van der Waals surface area contributed by atoms with Crippen LogP contribution >= 0.6 is 11.8 Å². The summed E-state index contributed by atoms with van der Waals surface area (Å²) in [5.74, 6) is -1.17. The lowest BCUT2D eigenvalue weighted by atomic mass is 9.99. The summed E-state index contributed by atoms with van der Waals surface area (Å²) in [6, 6.07) is 33.3. The van der Waals surface area contributed by atoms with Gasteiger partial charge in [-0.2, -0.15) is 0 Å². The Hall–Kier alpha value is -5.13. The van der Waals surface area contributed by atoms with E-state index in [1.165, 1.54) is 22.7 Å². The molecule has 0 spiro atoms. The number of ether oxygens (including phenoxy) is 2. The normalized spacial score (nSPS) is 18.8. The molecule has 1 fully saturated rings. The van der Waals surface area contributed by atoms with Crippen LogP contribution in [0.4, 0.5) is 0 Å². The van der Waals surface area contributed by atoms with Crippen LogP contribution in [0.15, 0.2) is 120 Å². The molecular formula is C39H32N2O7S. The van der Waals surface area contributed by atoms with E-state index in [1.54, 1.807) is 36.5 Å². The summed E-state index contributed by atoms with van der Waals surface area (Å²) < 4.78 is 13.1. The summed E-state index contributed by atoms with van der Waals surface area (Å²) in [6.45, 7) is 0.101. The molecule has 2 aliphatic heterocycles. The zero-order chi connectivity index (χ0) is 33.9. The quantitative estimate of drug-likeness (QED) is 0.118. The second-order valence-corrected chi connectivity index (χ2v) is 12.9. The molecule has 0 saturated carbocycles. The van der Waals surface area contributed by atoms with Gasteiger partial charge in [0.2, 0.25) is 0 Å². The predicted molar refractivity (Wildman–Crippen MR) is 183 cm³/mol. The van der Waals surface area contributed by atoms with Gasteiger partial charge in [-0.15, -0.1) is 11.8 Å². The molecule has 0 radical (unpaired) electrons. The number of aliphatic hydroxyl groups excluding tert-OH is 1. The van der Waals surface area contributed by atoms with Crippen molar-refractivity contribution in [1.82, 2.24) is 9.88 Å². The number of aliphatic hydroxyl groups is 1. The van der Waals surface area contributed by atoms with Crippen LogP contribution in [-0.2, 0) is 22.6 Å². The Labute approximate surface area is 287 Å². The van der Waals surface area contributed by atoms with Gasteiger partial charge in [-0.1, -0.05) is 72.8 Å². The minimum Gasteiger partial charge on any atom is -0.478 e. The number of benzene rings is 4. The Morgan fingerprint density at radius 3 is 2.22 bits per heavy atom. The highest BCUT2D eigenvalue weighted by Gasteiger charge is 2.35. The number of nitrogens with zero attached hydrogens (tertiary/aromatic N) is 2. The van der Waals surface area contributed by atoms with Gasteiger partial charge in [0, 0.05) is 23.9 Å². The second kappa shape index (κ2) is 14.2. The number of carboxylic acids is 1. The Kier molecular flexibility index (Phi) is 9.36. The summed E-state index contributed by atoms with van der Waals surface area (Å²) in [7, 11) is 0. The minimum absolute atomic E-state index is 0.0565. The molecule has 1 saturated heterocycles. The number of carboxylic acid groups (broad SMARTS) is 1. The number of hydrogen-bond donors (Lipinski definition) is 2. The molecule has 3 heterocycles. The van der Waals surface area contributed by atoms with Crippen molar-refractivity contribution in [2.24, 2.45) is 0 Å².